The van der Waals surface area contributed by atoms with E-state index in [0.717, 1.165) is 5.39 Å². The van der Waals surface area contributed by atoms with Crippen LogP contribution in [0.25, 0.3) is 27.9 Å². The molecule has 0 radical (unpaired) electrons. The van der Waals surface area contributed by atoms with Crippen LogP contribution in [0.2, 0.25) is 0 Å². The van der Waals surface area contributed by atoms with Crippen molar-refractivity contribution in [2.45, 2.75) is 0 Å². The second-order valence-corrected chi connectivity index (χ2v) is 7.59. The molecule has 9 heteroatoms. The van der Waals surface area contributed by atoms with Gasteiger partial charge in [0, 0.05) is 17.1 Å². The molecule has 0 amide bonds. The summed E-state index contributed by atoms with van der Waals surface area (Å²) >= 11 is 0. The molecule has 8 nitrogen and oxygen atoms in total. The zero-order valence-electron chi connectivity index (χ0n) is 18.1. The largest absolute Gasteiger partial charge is 0.478 e. The van der Waals surface area contributed by atoms with Crippen LogP contribution in [0.1, 0.15) is 15.9 Å². The number of aromatic nitrogens is 2. The molecule has 0 spiro atoms. The highest BCUT2D eigenvalue weighted by Crippen LogP contribution is 2.24. The predicted molar refractivity (Wildman–Crippen MR) is 130 cm³/mol. The Labute approximate surface area is 197 Å². The summed E-state index contributed by atoms with van der Waals surface area (Å²) in [5.74, 6) is -1.40. The van der Waals surface area contributed by atoms with Crippen LogP contribution < -0.4 is 11.1 Å². The first-order valence-corrected chi connectivity index (χ1v) is 10.5. The maximum atomic E-state index is 13.1. The van der Waals surface area contributed by atoms with Crippen LogP contribution in [-0.2, 0) is 0 Å². The minimum atomic E-state index is -1.04. The number of carboxylic acid groups (broad SMARTS) is 1. The standard InChI is InChI=1S/C26H17FN4O4/c27-19-7-9-20(10-8-19)29-28-14-18-15-31(21-11-5-16(6-12-21)25(32)33)30-24(18)22-13-17-3-1-2-4-23(17)35-26(22)34/h1-15,29H,(H,32,33)/b28-14+. The lowest BCUT2D eigenvalue weighted by Gasteiger charge is -2.02. The molecule has 0 unspecified atom stereocenters. The molecule has 0 saturated heterocycles. The van der Waals surface area contributed by atoms with Gasteiger partial charge in [0.25, 0.3) is 0 Å². The van der Waals surface area contributed by atoms with Gasteiger partial charge in [-0.1, -0.05) is 18.2 Å². The number of nitrogens with one attached hydrogen (secondary N) is 1. The number of hydrazone groups is 1. The second kappa shape index (κ2) is 9.06. The van der Waals surface area contributed by atoms with Crippen molar-refractivity contribution in [1.82, 2.24) is 9.78 Å². The molecule has 0 bridgehead atoms. The van der Waals surface area contributed by atoms with E-state index >= 15 is 0 Å². The summed E-state index contributed by atoms with van der Waals surface area (Å²) in [6.45, 7) is 0. The molecule has 0 fully saturated rings. The van der Waals surface area contributed by atoms with Crippen LogP contribution in [0.3, 0.4) is 0 Å². The summed E-state index contributed by atoms with van der Waals surface area (Å²) in [6, 6.07) is 20.7. The Morgan fingerprint density at radius 1 is 1.06 bits per heavy atom. The Morgan fingerprint density at radius 3 is 2.54 bits per heavy atom. The minimum Gasteiger partial charge on any atom is -0.478 e. The minimum absolute atomic E-state index is 0.140. The number of hydrogen-bond donors (Lipinski definition) is 2. The quantitative estimate of drug-likeness (QED) is 0.208. The highest BCUT2D eigenvalue weighted by atomic mass is 19.1. The van der Waals surface area contributed by atoms with E-state index in [1.807, 2.05) is 12.1 Å². The van der Waals surface area contributed by atoms with Gasteiger partial charge < -0.3 is 9.52 Å². The van der Waals surface area contributed by atoms with Gasteiger partial charge in [0.15, 0.2) is 0 Å². The normalized spacial score (nSPS) is 11.2. The zero-order valence-corrected chi connectivity index (χ0v) is 18.1. The smallest absolute Gasteiger partial charge is 0.345 e. The van der Waals surface area contributed by atoms with Gasteiger partial charge in [0.05, 0.1) is 28.7 Å². The van der Waals surface area contributed by atoms with E-state index in [1.165, 1.54) is 35.2 Å². The number of aromatic carboxylic acids is 1. The number of nitrogens with zero attached hydrogens (tertiary/aromatic N) is 3. The maximum Gasteiger partial charge on any atom is 0.345 e. The molecule has 2 N–H and O–H groups in total. The summed E-state index contributed by atoms with van der Waals surface area (Å²) in [5, 5.41) is 18.7. The Hall–Kier alpha value is -5.05. The first-order chi connectivity index (χ1) is 17.0. The molecular weight excluding hydrogens is 451 g/mol. The van der Waals surface area contributed by atoms with Crippen LogP contribution in [0.4, 0.5) is 10.1 Å². The molecule has 0 aliphatic carbocycles. The Morgan fingerprint density at radius 2 is 1.80 bits per heavy atom. The summed E-state index contributed by atoms with van der Waals surface area (Å²) in [7, 11) is 0. The Kier molecular flexibility index (Phi) is 5.64. The van der Waals surface area contributed by atoms with Gasteiger partial charge in [-0.05, 0) is 60.7 Å². The fraction of sp³-hybridized carbons (Fsp3) is 0. The molecule has 5 rings (SSSR count). The third kappa shape index (κ3) is 4.55. The number of hydrogen-bond acceptors (Lipinski definition) is 6. The van der Waals surface area contributed by atoms with E-state index in [-0.39, 0.29) is 16.9 Å². The topological polar surface area (TPSA) is 110 Å². The average molecular weight is 468 g/mol. The van der Waals surface area contributed by atoms with Crippen LogP contribution >= 0.6 is 0 Å². The van der Waals surface area contributed by atoms with Gasteiger partial charge in [-0.3, -0.25) is 5.43 Å². The summed E-state index contributed by atoms with van der Waals surface area (Å²) < 4.78 is 20.1. The lowest BCUT2D eigenvalue weighted by Crippen LogP contribution is -2.05. The van der Waals surface area contributed by atoms with Crippen molar-refractivity contribution >= 4 is 28.8 Å². The molecule has 0 atom stereocenters. The molecule has 5 aromatic rings. The van der Waals surface area contributed by atoms with E-state index in [0.29, 0.717) is 28.2 Å². The van der Waals surface area contributed by atoms with Crippen molar-refractivity contribution in [2.24, 2.45) is 5.10 Å². The van der Waals surface area contributed by atoms with Gasteiger partial charge in [-0.25, -0.2) is 18.7 Å². The number of carboxylic acids is 1. The Balaban J connectivity index is 1.58. The number of carbonyl (C=O) groups is 1. The third-order valence-electron chi connectivity index (χ3n) is 5.26. The van der Waals surface area contributed by atoms with E-state index in [4.69, 9.17) is 9.52 Å². The number of fused-ring (bicyclic) bond motifs is 1. The summed E-state index contributed by atoms with van der Waals surface area (Å²) in [5.41, 5.74) is 5.09. The van der Waals surface area contributed by atoms with Crippen LogP contribution in [0, 0.1) is 5.82 Å². The van der Waals surface area contributed by atoms with Gasteiger partial charge in [0.2, 0.25) is 0 Å². The Bertz CT molecular complexity index is 1620. The van der Waals surface area contributed by atoms with Crippen LogP contribution in [0.15, 0.2) is 99.4 Å². The second-order valence-electron chi connectivity index (χ2n) is 7.59. The number of para-hydroxylation sites is 1. The van der Waals surface area contributed by atoms with E-state index < -0.39 is 11.6 Å². The molecule has 35 heavy (non-hydrogen) atoms. The molecule has 3 aromatic carbocycles. The predicted octanol–water partition coefficient (Wildman–Crippen LogP) is 4.93. The first-order valence-electron chi connectivity index (χ1n) is 10.5. The van der Waals surface area contributed by atoms with Crippen molar-refractivity contribution in [1.29, 1.82) is 0 Å². The van der Waals surface area contributed by atoms with Crippen molar-refractivity contribution in [3.63, 3.8) is 0 Å². The fourth-order valence-corrected chi connectivity index (χ4v) is 3.51. The summed E-state index contributed by atoms with van der Waals surface area (Å²) in [6.07, 6.45) is 3.15. The molecule has 0 aliphatic heterocycles. The molecule has 172 valence electrons. The SMILES string of the molecule is O=C(O)c1ccc(-n2cc(/C=N/Nc3ccc(F)cc3)c(-c3cc4ccccc4oc3=O)n2)cc1. The average Bonchev–Trinajstić information content (AvgIpc) is 3.28. The van der Waals surface area contributed by atoms with Crippen molar-refractivity contribution in [3.8, 4) is 16.9 Å². The number of benzene rings is 3. The molecule has 2 aromatic heterocycles. The van der Waals surface area contributed by atoms with Gasteiger partial charge in [-0.2, -0.15) is 10.2 Å². The van der Waals surface area contributed by atoms with E-state index in [9.17, 15) is 14.0 Å². The number of anilines is 1. The lowest BCUT2D eigenvalue weighted by molar-refractivity contribution is 0.0697. The van der Waals surface area contributed by atoms with Crippen molar-refractivity contribution in [2.75, 3.05) is 5.43 Å². The van der Waals surface area contributed by atoms with Crippen molar-refractivity contribution in [3.05, 3.63) is 112 Å². The van der Waals surface area contributed by atoms with Gasteiger partial charge in [-0.15, -0.1) is 0 Å². The van der Waals surface area contributed by atoms with E-state index in [1.54, 1.807) is 48.7 Å². The molecule has 0 saturated carbocycles. The van der Waals surface area contributed by atoms with Crippen LogP contribution in [0.5, 0.6) is 0 Å². The van der Waals surface area contributed by atoms with E-state index in [2.05, 4.69) is 15.6 Å². The molecular formula is C26H17FN4O4. The fourth-order valence-electron chi connectivity index (χ4n) is 3.51. The third-order valence-corrected chi connectivity index (χ3v) is 5.26. The lowest BCUT2D eigenvalue weighted by atomic mass is 10.1. The highest BCUT2D eigenvalue weighted by Gasteiger charge is 2.17. The number of rotatable bonds is 6. The number of halogens is 1. The van der Waals surface area contributed by atoms with Gasteiger partial charge >= 0.3 is 11.6 Å². The maximum absolute atomic E-state index is 13.1. The van der Waals surface area contributed by atoms with Gasteiger partial charge in [0.1, 0.15) is 17.1 Å². The van der Waals surface area contributed by atoms with Crippen LogP contribution in [-0.4, -0.2) is 27.1 Å². The molecule has 0 aliphatic rings. The molecule has 2 heterocycles. The summed E-state index contributed by atoms with van der Waals surface area (Å²) in [4.78, 5) is 24.0. The van der Waals surface area contributed by atoms with Crippen molar-refractivity contribution < 1.29 is 18.7 Å². The first kappa shape index (κ1) is 21.8. The zero-order chi connectivity index (χ0) is 24.4. The monoisotopic (exact) mass is 468 g/mol. The highest BCUT2D eigenvalue weighted by molar-refractivity contribution is 5.91.